The van der Waals surface area contributed by atoms with E-state index in [-0.39, 0.29) is 0 Å². The molecule has 0 bridgehead atoms. The van der Waals surface area contributed by atoms with Crippen LogP contribution in [0.15, 0.2) is 30.3 Å². The molecule has 0 atom stereocenters. The van der Waals surface area contributed by atoms with Crippen LogP contribution in [-0.2, 0) is 10.3 Å². The van der Waals surface area contributed by atoms with Crippen LogP contribution < -0.4 is 0 Å². The van der Waals surface area contributed by atoms with E-state index < -0.39 is 11.5 Å². The summed E-state index contributed by atoms with van der Waals surface area (Å²) in [6.07, 6.45) is 1.28. The zero-order valence-corrected chi connectivity index (χ0v) is 10.00. The Morgan fingerprint density at radius 2 is 1.94 bits per heavy atom. The van der Waals surface area contributed by atoms with Crippen molar-refractivity contribution in [3.8, 4) is 11.4 Å². The zero-order chi connectivity index (χ0) is 12.8. The molecule has 0 amide bonds. The Labute approximate surface area is 104 Å². The summed E-state index contributed by atoms with van der Waals surface area (Å²) in [4.78, 5) is 11.4. The molecule has 1 N–H and O–H groups in total. The van der Waals surface area contributed by atoms with E-state index in [1.54, 1.807) is 11.5 Å². The third kappa shape index (κ3) is 1.44. The van der Waals surface area contributed by atoms with Gasteiger partial charge in [-0.05, 0) is 19.8 Å². The van der Waals surface area contributed by atoms with Crippen molar-refractivity contribution < 1.29 is 9.90 Å². The van der Waals surface area contributed by atoms with Crippen LogP contribution in [0, 0.1) is 6.92 Å². The molecule has 5 nitrogen and oxygen atoms in total. The van der Waals surface area contributed by atoms with E-state index in [0.29, 0.717) is 24.5 Å². The van der Waals surface area contributed by atoms with Crippen molar-refractivity contribution in [2.45, 2.75) is 25.3 Å². The van der Waals surface area contributed by atoms with Gasteiger partial charge < -0.3 is 5.11 Å². The molecular weight excluding hydrogens is 230 g/mol. The minimum absolute atomic E-state index is 0.632. The van der Waals surface area contributed by atoms with Gasteiger partial charge in [-0.1, -0.05) is 30.3 Å². The normalized spacial score (nSPS) is 16.5. The molecule has 1 aromatic heterocycles. The Kier molecular flexibility index (Phi) is 2.23. The number of aryl methyl sites for hydroxylation is 1. The van der Waals surface area contributed by atoms with Crippen LogP contribution in [0.5, 0.6) is 0 Å². The SMILES string of the molecule is Cc1nnc(-c2ccccc2)n1C1(C(=O)O)CC1. The fourth-order valence-electron chi connectivity index (χ4n) is 2.30. The molecule has 0 spiro atoms. The van der Waals surface area contributed by atoms with Crippen molar-refractivity contribution in [1.82, 2.24) is 14.8 Å². The maximum absolute atomic E-state index is 11.4. The molecule has 18 heavy (non-hydrogen) atoms. The molecular formula is C13H13N3O2. The summed E-state index contributed by atoms with van der Waals surface area (Å²) in [6, 6.07) is 9.56. The number of aromatic nitrogens is 3. The molecule has 1 aliphatic carbocycles. The lowest BCUT2D eigenvalue weighted by molar-refractivity contribution is -0.142. The summed E-state index contributed by atoms with van der Waals surface area (Å²) in [5, 5.41) is 17.6. The minimum Gasteiger partial charge on any atom is -0.479 e. The van der Waals surface area contributed by atoms with Gasteiger partial charge in [0.15, 0.2) is 5.82 Å². The van der Waals surface area contributed by atoms with Crippen LogP contribution in [0.3, 0.4) is 0 Å². The van der Waals surface area contributed by atoms with E-state index in [4.69, 9.17) is 0 Å². The minimum atomic E-state index is -0.835. The van der Waals surface area contributed by atoms with Crippen LogP contribution in [-0.4, -0.2) is 25.8 Å². The van der Waals surface area contributed by atoms with E-state index in [2.05, 4.69) is 10.2 Å². The first-order valence-electron chi connectivity index (χ1n) is 5.86. The van der Waals surface area contributed by atoms with Crippen LogP contribution >= 0.6 is 0 Å². The maximum Gasteiger partial charge on any atom is 0.330 e. The Morgan fingerprint density at radius 3 is 2.50 bits per heavy atom. The predicted molar refractivity (Wildman–Crippen MR) is 65.0 cm³/mol. The number of carboxylic acid groups (broad SMARTS) is 1. The second kappa shape index (κ2) is 3.66. The van der Waals surface area contributed by atoms with Crippen LogP contribution in [0.2, 0.25) is 0 Å². The first-order chi connectivity index (χ1) is 8.65. The highest BCUT2D eigenvalue weighted by molar-refractivity contribution is 5.81. The number of nitrogens with zero attached hydrogens (tertiary/aromatic N) is 3. The summed E-state index contributed by atoms with van der Waals surface area (Å²) in [6.45, 7) is 1.79. The monoisotopic (exact) mass is 243 g/mol. The molecule has 1 aliphatic rings. The van der Waals surface area contributed by atoms with Crippen molar-refractivity contribution in [2.24, 2.45) is 0 Å². The number of hydrogen-bond acceptors (Lipinski definition) is 3. The molecule has 92 valence electrons. The first-order valence-corrected chi connectivity index (χ1v) is 5.86. The van der Waals surface area contributed by atoms with Gasteiger partial charge in [0.2, 0.25) is 0 Å². The smallest absolute Gasteiger partial charge is 0.330 e. The molecule has 3 rings (SSSR count). The number of carboxylic acids is 1. The lowest BCUT2D eigenvalue weighted by Gasteiger charge is -2.16. The summed E-state index contributed by atoms with van der Waals surface area (Å²) in [5.41, 5.74) is 0.0595. The van der Waals surface area contributed by atoms with Crippen LogP contribution in [0.4, 0.5) is 0 Å². The highest BCUT2D eigenvalue weighted by atomic mass is 16.4. The van der Waals surface area contributed by atoms with Crippen molar-refractivity contribution in [2.75, 3.05) is 0 Å². The summed E-state index contributed by atoms with van der Waals surface area (Å²) in [7, 11) is 0. The first kappa shape index (κ1) is 11.0. The Hall–Kier alpha value is -2.17. The number of rotatable bonds is 3. The van der Waals surface area contributed by atoms with Crippen molar-refractivity contribution in [1.29, 1.82) is 0 Å². The van der Waals surface area contributed by atoms with Crippen molar-refractivity contribution in [3.05, 3.63) is 36.2 Å². The topological polar surface area (TPSA) is 68.0 Å². The second-order valence-electron chi connectivity index (χ2n) is 4.61. The third-order valence-electron chi connectivity index (χ3n) is 3.41. The molecule has 0 unspecified atom stereocenters. The number of carbonyl (C=O) groups is 1. The van der Waals surface area contributed by atoms with Gasteiger partial charge in [-0.25, -0.2) is 4.79 Å². The Balaban J connectivity index is 2.17. The van der Waals surface area contributed by atoms with Gasteiger partial charge in [-0.3, -0.25) is 4.57 Å². The average Bonchev–Trinajstić information content (AvgIpc) is 3.09. The van der Waals surface area contributed by atoms with E-state index in [1.165, 1.54) is 0 Å². The molecule has 0 aliphatic heterocycles. The van der Waals surface area contributed by atoms with Crippen LogP contribution in [0.1, 0.15) is 18.7 Å². The molecule has 2 aromatic rings. The van der Waals surface area contributed by atoms with E-state index >= 15 is 0 Å². The van der Waals surface area contributed by atoms with Gasteiger partial charge in [0.05, 0.1) is 0 Å². The largest absolute Gasteiger partial charge is 0.479 e. The Bertz CT molecular complexity index is 600. The second-order valence-corrected chi connectivity index (χ2v) is 4.61. The van der Waals surface area contributed by atoms with Crippen molar-refractivity contribution >= 4 is 5.97 Å². The third-order valence-corrected chi connectivity index (χ3v) is 3.41. The highest BCUT2D eigenvalue weighted by Crippen LogP contribution is 2.46. The number of benzene rings is 1. The number of hydrogen-bond donors (Lipinski definition) is 1. The molecule has 5 heteroatoms. The molecule has 1 saturated carbocycles. The predicted octanol–water partition coefficient (Wildman–Crippen LogP) is 1.83. The Morgan fingerprint density at radius 1 is 1.28 bits per heavy atom. The summed E-state index contributed by atoms with van der Waals surface area (Å²) >= 11 is 0. The fraction of sp³-hybridized carbons (Fsp3) is 0.308. The molecule has 1 fully saturated rings. The maximum atomic E-state index is 11.4. The summed E-state index contributed by atoms with van der Waals surface area (Å²) in [5.74, 6) is 0.476. The molecule has 1 aromatic carbocycles. The lowest BCUT2D eigenvalue weighted by atomic mass is 10.2. The van der Waals surface area contributed by atoms with Gasteiger partial charge in [0.25, 0.3) is 0 Å². The standard InChI is InChI=1S/C13H13N3O2/c1-9-14-15-11(10-5-3-2-4-6-10)16(9)13(7-8-13)12(17)18/h2-6H,7-8H2,1H3,(H,17,18). The van der Waals surface area contributed by atoms with Gasteiger partial charge in [0, 0.05) is 5.56 Å². The highest BCUT2D eigenvalue weighted by Gasteiger charge is 2.54. The number of aliphatic carboxylic acids is 1. The van der Waals surface area contributed by atoms with Crippen LogP contribution in [0.25, 0.3) is 11.4 Å². The van der Waals surface area contributed by atoms with Crippen molar-refractivity contribution in [3.63, 3.8) is 0 Å². The zero-order valence-electron chi connectivity index (χ0n) is 10.00. The molecule has 0 saturated heterocycles. The molecule has 0 radical (unpaired) electrons. The fourth-order valence-corrected chi connectivity index (χ4v) is 2.30. The van der Waals surface area contributed by atoms with E-state index in [9.17, 15) is 9.90 Å². The van der Waals surface area contributed by atoms with E-state index in [0.717, 1.165) is 5.56 Å². The van der Waals surface area contributed by atoms with Gasteiger partial charge >= 0.3 is 5.97 Å². The average molecular weight is 243 g/mol. The summed E-state index contributed by atoms with van der Waals surface area (Å²) < 4.78 is 1.75. The lowest BCUT2D eigenvalue weighted by Crippen LogP contribution is -2.29. The quantitative estimate of drug-likeness (QED) is 0.892. The van der Waals surface area contributed by atoms with E-state index in [1.807, 2.05) is 30.3 Å². The van der Waals surface area contributed by atoms with Gasteiger partial charge in [-0.15, -0.1) is 10.2 Å². The molecule has 1 heterocycles. The van der Waals surface area contributed by atoms with Gasteiger partial charge in [0.1, 0.15) is 11.4 Å². The van der Waals surface area contributed by atoms with Gasteiger partial charge in [-0.2, -0.15) is 0 Å².